The number of amides is 2. The molecule has 118 valence electrons. The fourth-order valence-corrected chi connectivity index (χ4v) is 2.51. The molecule has 0 bridgehead atoms. The lowest BCUT2D eigenvalue weighted by Crippen LogP contribution is -2.34. The van der Waals surface area contributed by atoms with Crippen LogP contribution in [-0.4, -0.2) is 43.5 Å². The zero-order valence-corrected chi connectivity index (χ0v) is 12.9. The summed E-state index contributed by atoms with van der Waals surface area (Å²) in [5, 5.41) is 2.66. The SMILES string of the molecule is C=CC(=O)Nc1ccc(C(=O)N(C)CC2CCOCC2)cc1. The second-order valence-corrected chi connectivity index (χ2v) is 5.51. The summed E-state index contributed by atoms with van der Waals surface area (Å²) in [6.45, 7) is 5.71. The van der Waals surface area contributed by atoms with E-state index in [1.807, 2.05) is 7.05 Å². The molecular weight excluding hydrogens is 280 g/mol. The Kier molecular flexibility index (Phi) is 5.72. The lowest BCUT2D eigenvalue weighted by atomic mass is 9.99. The molecule has 1 fully saturated rings. The predicted octanol–water partition coefficient (Wildman–Crippen LogP) is 2.31. The predicted molar refractivity (Wildman–Crippen MR) is 85.8 cm³/mol. The lowest BCUT2D eigenvalue weighted by molar-refractivity contribution is -0.111. The smallest absolute Gasteiger partial charge is 0.253 e. The van der Waals surface area contributed by atoms with Crippen molar-refractivity contribution in [1.82, 2.24) is 4.90 Å². The summed E-state index contributed by atoms with van der Waals surface area (Å²) < 4.78 is 5.34. The molecule has 5 nitrogen and oxygen atoms in total. The van der Waals surface area contributed by atoms with E-state index >= 15 is 0 Å². The zero-order chi connectivity index (χ0) is 15.9. The van der Waals surface area contributed by atoms with Crippen LogP contribution in [0.2, 0.25) is 0 Å². The number of carbonyl (C=O) groups excluding carboxylic acids is 2. The van der Waals surface area contributed by atoms with Gasteiger partial charge in [0, 0.05) is 38.1 Å². The van der Waals surface area contributed by atoms with Gasteiger partial charge in [0.25, 0.3) is 5.91 Å². The van der Waals surface area contributed by atoms with Gasteiger partial charge >= 0.3 is 0 Å². The zero-order valence-electron chi connectivity index (χ0n) is 12.9. The molecule has 5 heteroatoms. The molecule has 1 aliphatic heterocycles. The minimum atomic E-state index is -0.268. The molecular formula is C17H22N2O3. The number of anilines is 1. The number of nitrogens with one attached hydrogen (secondary N) is 1. The average Bonchev–Trinajstić information content (AvgIpc) is 2.55. The maximum Gasteiger partial charge on any atom is 0.253 e. The van der Waals surface area contributed by atoms with Crippen molar-refractivity contribution >= 4 is 17.5 Å². The summed E-state index contributed by atoms with van der Waals surface area (Å²) in [7, 11) is 1.82. The quantitative estimate of drug-likeness (QED) is 0.849. The number of ether oxygens (including phenoxy) is 1. The van der Waals surface area contributed by atoms with Crippen molar-refractivity contribution < 1.29 is 14.3 Å². The van der Waals surface area contributed by atoms with E-state index in [4.69, 9.17) is 4.74 Å². The van der Waals surface area contributed by atoms with Gasteiger partial charge in [-0.05, 0) is 49.1 Å². The van der Waals surface area contributed by atoms with Crippen molar-refractivity contribution in [2.24, 2.45) is 5.92 Å². The maximum atomic E-state index is 12.4. The molecule has 0 radical (unpaired) electrons. The molecule has 2 rings (SSSR count). The fourth-order valence-electron chi connectivity index (χ4n) is 2.51. The van der Waals surface area contributed by atoms with Crippen LogP contribution < -0.4 is 5.32 Å². The second kappa shape index (κ2) is 7.75. The third kappa shape index (κ3) is 4.43. The molecule has 1 aliphatic rings. The van der Waals surface area contributed by atoms with Gasteiger partial charge in [-0.2, -0.15) is 0 Å². The first-order valence-electron chi connectivity index (χ1n) is 7.47. The van der Waals surface area contributed by atoms with Crippen LogP contribution in [0.1, 0.15) is 23.2 Å². The molecule has 1 heterocycles. The van der Waals surface area contributed by atoms with Crippen molar-refractivity contribution in [3.05, 3.63) is 42.5 Å². The summed E-state index contributed by atoms with van der Waals surface area (Å²) in [6.07, 6.45) is 3.22. The number of hydrogen-bond acceptors (Lipinski definition) is 3. The van der Waals surface area contributed by atoms with Gasteiger partial charge in [-0.1, -0.05) is 6.58 Å². The highest BCUT2D eigenvalue weighted by Crippen LogP contribution is 2.17. The number of hydrogen-bond donors (Lipinski definition) is 1. The van der Waals surface area contributed by atoms with Crippen LogP contribution in [0.3, 0.4) is 0 Å². The van der Waals surface area contributed by atoms with E-state index in [2.05, 4.69) is 11.9 Å². The summed E-state index contributed by atoms with van der Waals surface area (Å²) >= 11 is 0. The monoisotopic (exact) mass is 302 g/mol. The Morgan fingerprint density at radius 1 is 1.32 bits per heavy atom. The first-order valence-corrected chi connectivity index (χ1v) is 7.47. The Bertz CT molecular complexity index is 533. The van der Waals surface area contributed by atoms with E-state index in [0.717, 1.165) is 32.6 Å². The molecule has 2 amide bonds. The average molecular weight is 302 g/mol. The van der Waals surface area contributed by atoms with E-state index in [0.29, 0.717) is 17.2 Å². The minimum absolute atomic E-state index is 0.00640. The molecule has 0 spiro atoms. The van der Waals surface area contributed by atoms with Gasteiger partial charge in [-0.3, -0.25) is 9.59 Å². The molecule has 1 saturated heterocycles. The van der Waals surface area contributed by atoms with Crippen LogP contribution in [0.4, 0.5) is 5.69 Å². The van der Waals surface area contributed by atoms with Gasteiger partial charge in [0.1, 0.15) is 0 Å². The van der Waals surface area contributed by atoms with Gasteiger partial charge in [0.2, 0.25) is 5.91 Å². The lowest BCUT2D eigenvalue weighted by Gasteiger charge is -2.27. The van der Waals surface area contributed by atoms with Gasteiger partial charge in [-0.25, -0.2) is 0 Å². The Balaban J connectivity index is 1.93. The van der Waals surface area contributed by atoms with Gasteiger partial charge < -0.3 is 15.0 Å². The second-order valence-electron chi connectivity index (χ2n) is 5.51. The highest BCUT2D eigenvalue weighted by molar-refractivity contribution is 5.99. The number of rotatable bonds is 5. The van der Waals surface area contributed by atoms with Gasteiger partial charge in [0.05, 0.1) is 0 Å². The molecule has 0 aliphatic carbocycles. The van der Waals surface area contributed by atoms with Crippen LogP contribution in [-0.2, 0) is 9.53 Å². The van der Waals surface area contributed by atoms with E-state index in [-0.39, 0.29) is 11.8 Å². The third-order valence-electron chi connectivity index (χ3n) is 3.80. The van der Waals surface area contributed by atoms with Crippen LogP contribution in [0, 0.1) is 5.92 Å². The Morgan fingerprint density at radius 3 is 2.55 bits per heavy atom. The minimum Gasteiger partial charge on any atom is -0.381 e. The van der Waals surface area contributed by atoms with Gasteiger partial charge in [-0.15, -0.1) is 0 Å². The normalized spacial score (nSPS) is 15.1. The van der Waals surface area contributed by atoms with Crippen molar-refractivity contribution in [3.63, 3.8) is 0 Å². The van der Waals surface area contributed by atoms with E-state index in [1.54, 1.807) is 29.2 Å². The summed E-state index contributed by atoms with van der Waals surface area (Å²) in [5.41, 5.74) is 1.26. The molecule has 1 aromatic carbocycles. The van der Waals surface area contributed by atoms with Crippen LogP contribution in [0.25, 0.3) is 0 Å². The summed E-state index contributed by atoms with van der Waals surface area (Å²) in [6, 6.07) is 6.89. The highest BCUT2D eigenvalue weighted by Gasteiger charge is 2.19. The van der Waals surface area contributed by atoms with Crippen LogP contribution in [0.5, 0.6) is 0 Å². The first-order chi connectivity index (χ1) is 10.6. The molecule has 0 saturated carbocycles. The van der Waals surface area contributed by atoms with Gasteiger partial charge in [0.15, 0.2) is 0 Å². The fraction of sp³-hybridized carbons (Fsp3) is 0.412. The summed E-state index contributed by atoms with van der Waals surface area (Å²) in [5.74, 6) is 0.234. The number of benzene rings is 1. The molecule has 1 N–H and O–H groups in total. The largest absolute Gasteiger partial charge is 0.381 e. The van der Waals surface area contributed by atoms with Crippen molar-refractivity contribution in [2.75, 3.05) is 32.1 Å². The van der Waals surface area contributed by atoms with E-state index < -0.39 is 0 Å². The Morgan fingerprint density at radius 2 is 1.95 bits per heavy atom. The maximum absolute atomic E-state index is 12.4. The Labute approximate surface area is 130 Å². The first kappa shape index (κ1) is 16.2. The third-order valence-corrected chi connectivity index (χ3v) is 3.80. The summed E-state index contributed by atoms with van der Waals surface area (Å²) in [4.78, 5) is 25.4. The topological polar surface area (TPSA) is 58.6 Å². The van der Waals surface area contributed by atoms with E-state index in [1.165, 1.54) is 6.08 Å². The molecule has 22 heavy (non-hydrogen) atoms. The highest BCUT2D eigenvalue weighted by atomic mass is 16.5. The molecule has 0 unspecified atom stereocenters. The van der Waals surface area contributed by atoms with E-state index in [9.17, 15) is 9.59 Å². The molecule has 0 atom stereocenters. The molecule has 1 aromatic rings. The number of carbonyl (C=O) groups is 2. The van der Waals surface area contributed by atoms with Crippen LogP contribution in [0.15, 0.2) is 36.9 Å². The van der Waals surface area contributed by atoms with Crippen molar-refractivity contribution in [1.29, 1.82) is 0 Å². The standard InChI is InChI=1S/C17H22N2O3/c1-3-16(20)18-15-6-4-14(5-7-15)17(21)19(2)12-13-8-10-22-11-9-13/h3-7,13H,1,8-12H2,2H3,(H,18,20). The molecule has 0 aromatic heterocycles. The Hall–Kier alpha value is -2.14. The van der Waals surface area contributed by atoms with Crippen LogP contribution >= 0.6 is 0 Å². The van der Waals surface area contributed by atoms with Crippen molar-refractivity contribution in [3.8, 4) is 0 Å². The van der Waals surface area contributed by atoms with Crippen molar-refractivity contribution in [2.45, 2.75) is 12.8 Å². The number of nitrogens with zero attached hydrogens (tertiary/aromatic N) is 1.